The van der Waals surface area contributed by atoms with Gasteiger partial charge in [0.1, 0.15) is 0 Å². The molecule has 1 aromatic carbocycles. The number of aromatic nitrogens is 1. The molecule has 1 unspecified atom stereocenters. The van der Waals surface area contributed by atoms with Crippen LogP contribution in [0.1, 0.15) is 19.3 Å². The number of hydrogen-bond acceptors (Lipinski definition) is 3. The summed E-state index contributed by atoms with van der Waals surface area (Å²) in [6, 6.07) is 8.43. The number of hydrogen-bond donors (Lipinski definition) is 2. The maximum atomic E-state index is 6.16. The first-order chi connectivity index (χ1) is 9.33. The summed E-state index contributed by atoms with van der Waals surface area (Å²) in [6.07, 6.45) is 5.66. The molecule has 1 aromatic heterocycles. The SMILES string of the molecule is Clc1cc(NCC2CCCCN2)c2ncccc2c1. The molecule has 0 aliphatic carbocycles. The van der Waals surface area contributed by atoms with Gasteiger partial charge in [-0.2, -0.15) is 0 Å². The molecule has 1 aliphatic heterocycles. The summed E-state index contributed by atoms with van der Waals surface area (Å²) in [4.78, 5) is 4.44. The quantitative estimate of drug-likeness (QED) is 0.901. The fourth-order valence-corrected chi connectivity index (χ4v) is 2.85. The van der Waals surface area contributed by atoms with Gasteiger partial charge in [0.25, 0.3) is 0 Å². The molecule has 0 saturated carbocycles. The fourth-order valence-electron chi connectivity index (χ4n) is 2.62. The number of anilines is 1. The van der Waals surface area contributed by atoms with Gasteiger partial charge in [0.15, 0.2) is 0 Å². The number of halogens is 1. The zero-order chi connectivity index (χ0) is 13.1. The van der Waals surface area contributed by atoms with Crippen LogP contribution in [-0.4, -0.2) is 24.1 Å². The van der Waals surface area contributed by atoms with Crippen molar-refractivity contribution in [2.45, 2.75) is 25.3 Å². The molecule has 1 saturated heterocycles. The van der Waals surface area contributed by atoms with Crippen LogP contribution in [0, 0.1) is 0 Å². The number of nitrogens with zero attached hydrogens (tertiary/aromatic N) is 1. The van der Waals surface area contributed by atoms with E-state index in [0.717, 1.165) is 34.7 Å². The van der Waals surface area contributed by atoms with Gasteiger partial charge in [0.2, 0.25) is 0 Å². The van der Waals surface area contributed by atoms with Crippen molar-refractivity contribution < 1.29 is 0 Å². The lowest BCUT2D eigenvalue weighted by atomic mass is 10.0. The second-order valence-electron chi connectivity index (χ2n) is 5.06. The van der Waals surface area contributed by atoms with Crippen LogP contribution in [0.15, 0.2) is 30.5 Å². The molecule has 0 spiro atoms. The average molecular weight is 276 g/mol. The van der Waals surface area contributed by atoms with Crippen LogP contribution in [0.25, 0.3) is 10.9 Å². The minimum absolute atomic E-state index is 0.548. The lowest BCUT2D eigenvalue weighted by Gasteiger charge is -2.24. The molecule has 2 N–H and O–H groups in total. The zero-order valence-corrected chi connectivity index (χ0v) is 11.6. The Bertz CT molecular complexity index is 564. The van der Waals surface area contributed by atoms with E-state index < -0.39 is 0 Å². The first kappa shape index (κ1) is 12.7. The van der Waals surface area contributed by atoms with E-state index in [1.807, 2.05) is 30.5 Å². The highest BCUT2D eigenvalue weighted by Crippen LogP contribution is 2.26. The van der Waals surface area contributed by atoms with Crippen molar-refractivity contribution >= 4 is 28.2 Å². The van der Waals surface area contributed by atoms with E-state index in [0.29, 0.717) is 6.04 Å². The monoisotopic (exact) mass is 275 g/mol. The largest absolute Gasteiger partial charge is 0.382 e. The van der Waals surface area contributed by atoms with E-state index in [1.54, 1.807) is 0 Å². The standard InChI is InChI=1S/C15H18ClN3/c16-12-8-11-4-3-7-18-15(11)14(9-12)19-10-13-5-1-2-6-17-13/h3-4,7-9,13,17,19H,1-2,5-6,10H2. The van der Waals surface area contributed by atoms with E-state index in [-0.39, 0.29) is 0 Å². The summed E-state index contributed by atoms with van der Waals surface area (Å²) >= 11 is 6.16. The third kappa shape index (κ3) is 2.99. The number of rotatable bonds is 3. The van der Waals surface area contributed by atoms with Crippen LogP contribution in [0.4, 0.5) is 5.69 Å². The molecule has 0 radical (unpaired) electrons. The van der Waals surface area contributed by atoms with E-state index in [9.17, 15) is 0 Å². The minimum atomic E-state index is 0.548. The minimum Gasteiger partial charge on any atom is -0.382 e. The van der Waals surface area contributed by atoms with Gasteiger partial charge in [-0.3, -0.25) is 4.98 Å². The molecule has 0 bridgehead atoms. The number of benzene rings is 1. The molecule has 2 heterocycles. The summed E-state index contributed by atoms with van der Waals surface area (Å²) in [5.74, 6) is 0. The Kier molecular flexibility index (Phi) is 3.85. The summed E-state index contributed by atoms with van der Waals surface area (Å²) < 4.78 is 0. The van der Waals surface area contributed by atoms with Crippen molar-refractivity contribution in [1.29, 1.82) is 0 Å². The van der Waals surface area contributed by atoms with E-state index >= 15 is 0 Å². The molecule has 4 heteroatoms. The molecule has 19 heavy (non-hydrogen) atoms. The molecule has 3 rings (SSSR count). The number of fused-ring (bicyclic) bond motifs is 1. The molecule has 1 aliphatic rings. The Morgan fingerprint density at radius 2 is 2.32 bits per heavy atom. The van der Waals surface area contributed by atoms with Crippen LogP contribution in [0.2, 0.25) is 5.02 Å². The first-order valence-electron chi connectivity index (χ1n) is 6.84. The van der Waals surface area contributed by atoms with Gasteiger partial charge in [-0.05, 0) is 37.6 Å². The molecule has 100 valence electrons. The third-order valence-corrected chi connectivity index (χ3v) is 3.84. The normalized spacial score (nSPS) is 19.5. The van der Waals surface area contributed by atoms with Gasteiger partial charge in [-0.25, -0.2) is 0 Å². The second-order valence-corrected chi connectivity index (χ2v) is 5.49. The average Bonchev–Trinajstić information content (AvgIpc) is 2.45. The molecular formula is C15H18ClN3. The predicted octanol–water partition coefficient (Wildman–Crippen LogP) is 3.44. The van der Waals surface area contributed by atoms with Gasteiger partial charge < -0.3 is 10.6 Å². The molecular weight excluding hydrogens is 258 g/mol. The molecule has 1 atom stereocenters. The van der Waals surface area contributed by atoms with Crippen LogP contribution >= 0.6 is 11.6 Å². The summed E-state index contributed by atoms with van der Waals surface area (Å²) in [5, 5.41) is 8.85. The Morgan fingerprint density at radius 1 is 1.37 bits per heavy atom. The van der Waals surface area contributed by atoms with Gasteiger partial charge in [0.05, 0.1) is 11.2 Å². The van der Waals surface area contributed by atoms with Gasteiger partial charge in [0, 0.05) is 29.2 Å². The van der Waals surface area contributed by atoms with E-state index in [4.69, 9.17) is 11.6 Å². The number of piperidine rings is 1. The van der Waals surface area contributed by atoms with Crippen molar-refractivity contribution in [3.8, 4) is 0 Å². The highest BCUT2D eigenvalue weighted by Gasteiger charge is 2.13. The molecule has 1 fully saturated rings. The maximum absolute atomic E-state index is 6.16. The summed E-state index contributed by atoms with van der Waals surface area (Å²) in [5.41, 5.74) is 2.01. The van der Waals surface area contributed by atoms with Crippen LogP contribution in [-0.2, 0) is 0 Å². The Balaban J connectivity index is 1.79. The smallest absolute Gasteiger partial charge is 0.0934 e. The van der Waals surface area contributed by atoms with Crippen molar-refractivity contribution in [1.82, 2.24) is 10.3 Å². The van der Waals surface area contributed by atoms with Crippen LogP contribution in [0.3, 0.4) is 0 Å². The van der Waals surface area contributed by atoms with Gasteiger partial charge in [-0.1, -0.05) is 24.1 Å². The van der Waals surface area contributed by atoms with Crippen LogP contribution < -0.4 is 10.6 Å². The van der Waals surface area contributed by atoms with Gasteiger partial charge in [-0.15, -0.1) is 0 Å². The van der Waals surface area contributed by atoms with Crippen molar-refractivity contribution in [2.24, 2.45) is 0 Å². The predicted molar refractivity (Wildman–Crippen MR) is 80.9 cm³/mol. The van der Waals surface area contributed by atoms with Crippen molar-refractivity contribution in [2.75, 3.05) is 18.4 Å². The lowest BCUT2D eigenvalue weighted by molar-refractivity contribution is 0.414. The van der Waals surface area contributed by atoms with Crippen LogP contribution in [0.5, 0.6) is 0 Å². The topological polar surface area (TPSA) is 37.0 Å². The number of pyridine rings is 1. The Hall–Kier alpha value is -1.32. The lowest BCUT2D eigenvalue weighted by Crippen LogP contribution is -2.39. The third-order valence-electron chi connectivity index (χ3n) is 3.62. The highest BCUT2D eigenvalue weighted by atomic mass is 35.5. The molecule has 3 nitrogen and oxygen atoms in total. The van der Waals surface area contributed by atoms with E-state index in [1.165, 1.54) is 19.3 Å². The van der Waals surface area contributed by atoms with Gasteiger partial charge >= 0.3 is 0 Å². The highest BCUT2D eigenvalue weighted by molar-refractivity contribution is 6.31. The Labute approximate surface area is 118 Å². The fraction of sp³-hybridized carbons (Fsp3) is 0.400. The number of nitrogens with one attached hydrogen (secondary N) is 2. The molecule has 0 amide bonds. The first-order valence-corrected chi connectivity index (χ1v) is 7.22. The Morgan fingerprint density at radius 3 is 3.16 bits per heavy atom. The summed E-state index contributed by atoms with van der Waals surface area (Å²) in [7, 11) is 0. The van der Waals surface area contributed by atoms with Crippen molar-refractivity contribution in [3.63, 3.8) is 0 Å². The second kappa shape index (κ2) is 5.76. The maximum Gasteiger partial charge on any atom is 0.0934 e. The van der Waals surface area contributed by atoms with Crippen molar-refractivity contribution in [3.05, 3.63) is 35.5 Å². The summed E-state index contributed by atoms with van der Waals surface area (Å²) in [6.45, 7) is 2.05. The zero-order valence-electron chi connectivity index (χ0n) is 10.8. The molecule has 2 aromatic rings. The van der Waals surface area contributed by atoms with E-state index in [2.05, 4.69) is 15.6 Å².